The standard InChI is InChI=1S/C12H15ClINO3/c1-2-18-12(17)8-3-4-11(10(14)5-8)15-7-9(16)6-13/h3-5,9,15-16H,2,6-7H2,1H3. The van der Waals surface area contributed by atoms with Gasteiger partial charge >= 0.3 is 5.97 Å². The lowest BCUT2D eigenvalue weighted by molar-refractivity contribution is 0.0526. The third-order valence-electron chi connectivity index (χ3n) is 2.19. The molecule has 0 amide bonds. The van der Waals surface area contributed by atoms with Crippen LogP contribution in [0.4, 0.5) is 5.69 Å². The summed E-state index contributed by atoms with van der Waals surface area (Å²) in [6.07, 6.45) is -0.591. The van der Waals surface area contributed by atoms with E-state index in [1.54, 1.807) is 25.1 Å². The molecule has 0 saturated heterocycles. The maximum atomic E-state index is 11.5. The molecule has 0 fully saturated rings. The number of alkyl halides is 1. The number of hydrogen-bond acceptors (Lipinski definition) is 4. The molecule has 0 heterocycles. The molecule has 1 aromatic carbocycles. The van der Waals surface area contributed by atoms with E-state index in [9.17, 15) is 9.90 Å². The van der Waals surface area contributed by atoms with Gasteiger partial charge in [0.25, 0.3) is 0 Å². The number of anilines is 1. The zero-order valence-electron chi connectivity index (χ0n) is 9.95. The molecule has 0 saturated carbocycles. The minimum Gasteiger partial charge on any atom is -0.462 e. The molecule has 1 unspecified atom stereocenters. The van der Waals surface area contributed by atoms with E-state index in [0.29, 0.717) is 18.7 Å². The van der Waals surface area contributed by atoms with Gasteiger partial charge in [0.1, 0.15) is 0 Å². The van der Waals surface area contributed by atoms with Gasteiger partial charge < -0.3 is 15.2 Å². The second-order valence-corrected chi connectivity index (χ2v) is 5.07. The van der Waals surface area contributed by atoms with E-state index < -0.39 is 6.10 Å². The van der Waals surface area contributed by atoms with E-state index in [0.717, 1.165) is 9.26 Å². The van der Waals surface area contributed by atoms with Crippen LogP contribution in [-0.2, 0) is 4.74 Å². The number of aliphatic hydroxyl groups excluding tert-OH is 1. The Morgan fingerprint density at radius 3 is 2.89 bits per heavy atom. The van der Waals surface area contributed by atoms with Crippen LogP contribution in [0.2, 0.25) is 0 Å². The quantitative estimate of drug-likeness (QED) is 0.450. The van der Waals surface area contributed by atoms with E-state index >= 15 is 0 Å². The highest BCUT2D eigenvalue weighted by molar-refractivity contribution is 14.1. The number of carbonyl (C=O) groups excluding carboxylic acids is 1. The molecular formula is C12H15ClINO3. The van der Waals surface area contributed by atoms with Crippen LogP contribution in [0.3, 0.4) is 0 Å². The van der Waals surface area contributed by atoms with Crippen molar-refractivity contribution in [2.45, 2.75) is 13.0 Å². The van der Waals surface area contributed by atoms with Crippen molar-refractivity contribution in [1.29, 1.82) is 0 Å². The Morgan fingerprint density at radius 1 is 1.61 bits per heavy atom. The monoisotopic (exact) mass is 383 g/mol. The Morgan fingerprint density at radius 2 is 2.33 bits per heavy atom. The number of aliphatic hydroxyl groups is 1. The van der Waals surface area contributed by atoms with Gasteiger partial charge in [-0.3, -0.25) is 0 Å². The van der Waals surface area contributed by atoms with Gasteiger partial charge in [0.05, 0.1) is 24.2 Å². The van der Waals surface area contributed by atoms with Gasteiger partial charge in [0.2, 0.25) is 0 Å². The minimum absolute atomic E-state index is 0.185. The molecule has 2 N–H and O–H groups in total. The lowest BCUT2D eigenvalue weighted by Crippen LogP contribution is -2.21. The molecule has 6 heteroatoms. The Hall–Kier alpha value is -0.530. The van der Waals surface area contributed by atoms with Crippen molar-refractivity contribution in [1.82, 2.24) is 0 Å². The van der Waals surface area contributed by atoms with Gasteiger partial charge in [-0.15, -0.1) is 11.6 Å². The van der Waals surface area contributed by atoms with Gasteiger partial charge in [0, 0.05) is 15.8 Å². The fourth-order valence-corrected chi connectivity index (χ4v) is 2.10. The topological polar surface area (TPSA) is 58.6 Å². The molecular weight excluding hydrogens is 368 g/mol. The largest absolute Gasteiger partial charge is 0.462 e. The van der Waals surface area contributed by atoms with E-state index in [1.807, 2.05) is 0 Å². The molecule has 0 aliphatic rings. The first-order valence-electron chi connectivity index (χ1n) is 5.53. The number of carbonyl (C=O) groups is 1. The van der Waals surface area contributed by atoms with Gasteiger partial charge in [-0.2, -0.15) is 0 Å². The van der Waals surface area contributed by atoms with Crippen molar-refractivity contribution in [2.75, 3.05) is 24.3 Å². The minimum atomic E-state index is -0.591. The molecule has 4 nitrogen and oxygen atoms in total. The van der Waals surface area contributed by atoms with Crippen LogP contribution in [0.1, 0.15) is 17.3 Å². The Labute approximate surface area is 125 Å². The lowest BCUT2D eigenvalue weighted by atomic mass is 10.2. The second kappa shape index (κ2) is 7.81. The summed E-state index contributed by atoms with van der Waals surface area (Å²) in [6.45, 7) is 2.50. The predicted octanol–water partition coefficient (Wildman–Crippen LogP) is 2.48. The van der Waals surface area contributed by atoms with Crippen LogP contribution < -0.4 is 5.32 Å². The Bertz CT molecular complexity index is 414. The van der Waals surface area contributed by atoms with Crippen molar-refractivity contribution in [2.24, 2.45) is 0 Å². The highest BCUT2D eigenvalue weighted by Crippen LogP contribution is 2.20. The molecule has 18 heavy (non-hydrogen) atoms. The van der Waals surface area contributed by atoms with E-state index in [4.69, 9.17) is 16.3 Å². The van der Waals surface area contributed by atoms with Gasteiger partial charge in [0.15, 0.2) is 0 Å². The molecule has 0 aromatic heterocycles. The molecule has 1 rings (SSSR count). The zero-order valence-corrected chi connectivity index (χ0v) is 12.9. The molecule has 0 aliphatic heterocycles. The van der Waals surface area contributed by atoms with Crippen LogP contribution in [0.5, 0.6) is 0 Å². The SMILES string of the molecule is CCOC(=O)c1ccc(NCC(O)CCl)c(I)c1. The van der Waals surface area contributed by atoms with Crippen molar-refractivity contribution in [3.63, 3.8) is 0 Å². The third-order valence-corrected chi connectivity index (χ3v) is 3.44. The first-order valence-corrected chi connectivity index (χ1v) is 7.14. The highest BCUT2D eigenvalue weighted by atomic mass is 127. The highest BCUT2D eigenvalue weighted by Gasteiger charge is 2.09. The molecule has 0 spiro atoms. The summed E-state index contributed by atoms with van der Waals surface area (Å²) in [4.78, 5) is 11.5. The fraction of sp³-hybridized carbons (Fsp3) is 0.417. The van der Waals surface area contributed by atoms with Crippen molar-refractivity contribution < 1.29 is 14.6 Å². The Kier molecular flexibility index (Phi) is 6.73. The summed E-state index contributed by atoms with van der Waals surface area (Å²) in [7, 11) is 0. The van der Waals surface area contributed by atoms with Crippen LogP contribution >= 0.6 is 34.2 Å². The molecule has 0 radical (unpaired) electrons. The summed E-state index contributed by atoms with van der Waals surface area (Å²) >= 11 is 7.63. The summed E-state index contributed by atoms with van der Waals surface area (Å²) in [5, 5.41) is 12.4. The number of hydrogen-bond donors (Lipinski definition) is 2. The maximum Gasteiger partial charge on any atom is 0.338 e. The van der Waals surface area contributed by atoms with Gasteiger partial charge in [-0.1, -0.05) is 0 Å². The number of halogens is 2. The number of rotatable bonds is 6. The molecule has 1 atom stereocenters. The summed E-state index contributed by atoms with van der Waals surface area (Å²) in [5.41, 5.74) is 1.37. The molecule has 0 aliphatic carbocycles. The van der Waals surface area contributed by atoms with Crippen LogP contribution in [0, 0.1) is 3.57 Å². The van der Waals surface area contributed by atoms with Crippen molar-refractivity contribution in [3.8, 4) is 0 Å². The third kappa shape index (κ3) is 4.62. The second-order valence-electron chi connectivity index (χ2n) is 3.60. The van der Waals surface area contributed by atoms with Gasteiger partial charge in [-0.25, -0.2) is 4.79 Å². The van der Waals surface area contributed by atoms with Gasteiger partial charge in [-0.05, 0) is 47.7 Å². The fourth-order valence-electron chi connectivity index (χ4n) is 1.28. The maximum absolute atomic E-state index is 11.5. The first-order chi connectivity index (χ1) is 8.58. The normalized spacial score (nSPS) is 12.0. The summed E-state index contributed by atoms with van der Waals surface area (Å²) in [6, 6.07) is 5.22. The average Bonchev–Trinajstić information content (AvgIpc) is 2.37. The van der Waals surface area contributed by atoms with E-state index in [2.05, 4.69) is 27.9 Å². The van der Waals surface area contributed by atoms with E-state index in [1.165, 1.54) is 0 Å². The smallest absolute Gasteiger partial charge is 0.338 e. The van der Waals surface area contributed by atoms with Crippen molar-refractivity contribution in [3.05, 3.63) is 27.3 Å². The number of ether oxygens (including phenoxy) is 1. The Balaban J connectivity index is 2.70. The average molecular weight is 384 g/mol. The summed E-state index contributed by atoms with van der Waals surface area (Å²) < 4.78 is 5.81. The first kappa shape index (κ1) is 15.5. The lowest BCUT2D eigenvalue weighted by Gasteiger charge is -2.12. The van der Waals surface area contributed by atoms with Crippen LogP contribution in [0.15, 0.2) is 18.2 Å². The number of benzene rings is 1. The molecule has 1 aromatic rings. The number of nitrogens with one attached hydrogen (secondary N) is 1. The van der Waals surface area contributed by atoms with Crippen molar-refractivity contribution >= 4 is 45.8 Å². The molecule has 100 valence electrons. The molecule has 0 bridgehead atoms. The summed E-state index contributed by atoms with van der Waals surface area (Å²) in [5.74, 6) is -0.146. The zero-order chi connectivity index (χ0) is 13.5. The van der Waals surface area contributed by atoms with E-state index in [-0.39, 0.29) is 11.8 Å². The predicted molar refractivity (Wildman–Crippen MR) is 80.3 cm³/mol. The van der Waals surface area contributed by atoms with Crippen LogP contribution in [-0.4, -0.2) is 36.2 Å². The number of esters is 1. The van der Waals surface area contributed by atoms with Crippen LogP contribution in [0.25, 0.3) is 0 Å².